The lowest BCUT2D eigenvalue weighted by molar-refractivity contribution is -0.118. The molecule has 9 heteroatoms. The van der Waals surface area contributed by atoms with Crippen molar-refractivity contribution in [3.63, 3.8) is 0 Å². The van der Waals surface area contributed by atoms with Gasteiger partial charge in [-0.05, 0) is 75.3 Å². The molecule has 1 aromatic heterocycles. The van der Waals surface area contributed by atoms with Crippen LogP contribution in [0.3, 0.4) is 0 Å². The van der Waals surface area contributed by atoms with Gasteiger partial charge in [-0.2, -0.15) is 5.10 Å². The van der Waals surface area contributed by atoms with E-state index in [0.717, 1.165) is 39.8 Å². The highest BCUT2D eigenvalue weighted by Crippen LogP contribution is 2.33. The Hall–Kier alpha value is -3.30. The fraction of sp³-hybridized carbons (Fsp3) is 0.320. The van der Waals surface area contributed by atoms with Gasteiger partial charge >= 0.3 is 0 Å². The number of likely N-dealkylation sites (N-methyl/N-ethyl adjacent to an activating group) is 2. The molecule has 1 aliphatic heterocycles. The number of nitrogens with zero attached hydrogens (tertiary/aromatic N) is 5. The number of rotatable bonds is 7. The van der Waals surface area contributed by atoms with E-state index >= 15 is 0 Å². The molecule has 4 rings (SSSR count). The highest BCUT2D eigenvalue weighted by molar-refractivity contribution is 7.98. The van der Waals surface area contributed by atoms with Crippen molar-refractivity contribution in [3.8, 4) is 11.4 Å². The Morgan fingerprint density at radius 2 is 1.71 bits per heavy atom. The molecule has 2 heterocycles. The fourth-order valence-corrected chi connectivity index (χ4v) is 4.63. The number of amides is 2. The van der Waals surface area contributed by atoms with Crippen molar-refractivity contribution in [1.82, 2.24) is 14.7 Å². The zero-order valence-corrected chi connectivity index (χ0v) is 20.9. The molecule has 0 fully saturated rings. The Labute approximate surface area is 204 Å². The minimum absolute atomic E-state index is 0.00410. The summed E-state index contributed by atoms with van der Waals surface area (Å²) < 4.78 is 7.00. The summed E-state index contributed by atoms with van der Waals surface area (Å²) in [5, 5.41) is 5.61. The lowest BCUT2D eigenvalue weighted by atomic mass is 10.1. The zero-order valence-electron chi connectivity index (χ0n) is 20.1. The van der Waals surface area contributed by atoms with Crippen molar-refractivity contribution in [2.45, 2.75) is 11.4 Å². The van der Waals surface area contributed by atoms with Gasteiger partial charge in [0.25, 0.3) is 5.91 Å². The van der Waals surface area contributed by atoms with Gasteiger partial charge < -0.3 is 19.4 Å². The Bertz CT molecular complexity index is 1190. The van der Waals surface area contributed by atoms with Gasteiger partial charge in [0.05, 0.1) is 19.3 Å². The second-order valence-corrected chi connectivity index (χ2v) is 9.15. The van der Waals surface area contributed by atoms with Gasteiger partial charge in [-0.15, -0.1) is 11.8 Å². The van der Waals surface area contributed by atoms with Crippen LogP contribution in [0.5, 0.6) is 5.75 Å². The number of aromatic nitrogens is 2. The number of ether oxygens (including phenoxy) is 1. The number of thioether (sulfide) groups is 1. The van der Waals surface area contributed by atoms with E-state index in [9.17, 15) is 9.59 Å². The standard InChI is InChI=1S/C25H29N5O3S/c1-27(2)16-22(31)28(3)17-6-8-18(9-7-17)29-15-14-21-23(25(29)32)30(26-24(21)34-5)19-10-12-20(33-4)13-11-19/h6-13H,14-16H2,1-5H3. The molecule has 0 N–H and O–H groups in total. The van der Waals surface area contributed by atoms with Crippen LogP contribution in [-0.2, 0) is 11.2 Å². The van der Waals surface area contributed by atoms with Crippen molar-refractivity contribution in [2.75, 3.05) is 57.4 Å². The van der Waals surface area contributed by atoms with E-state index in [1.54, 1.807) is 40.4 Å². The Morgan fingerprint density at radius 1 is 1.06 bits per heavy atom. The maximum Gasteiger partial charge on any atom is 0.277 e. The molecule has 0 atom stereocenters. The van der Waals surface area contributed by atoms with Crippen LogP contribution < -0.4 is 14.5 Å². The summed E-state index contributed by atoms with van der Waals surface area (Å²) in [5.41, 5.74) is 3.96. The van der Waals surface area contributed by atoms with Crippen molar-refractivity contribution in [2.24, 2.45) is 0 Å². The molecule has 0 unspecified atom stereocenters. The van der Waals surface area contributed by atoms with Crippen LogP contribution in [0.15, 0.2) is 53.6 Å². The normalized spacial score (nSPS) is 13.2. The van der Waals surface area contributed by atoms with Gasteiger partial charge in [0.15, 0.2) is 0 Å². The first-order chi connectivity index (χ1) is 16.3. The number of hydrogen-bond acceptors (Lipinski definition) is 6. The lowest BCUT2D eigenvalue weighted by Gasteiger charge is -2.28. The third kappa shape index (κ3) is 4.53. The predicted octanol–water partition coefficient (Wildman–Crippen LogP) is 3.33. The van der Waals surface area contributed by atoms with Gasteiger partial charge in [-0.3, -0.25) is 9.59 Å². The molecule has 0 bridgehead atoms. The van der Waals surface area contributed by atoms with Crippen LogP contribution in [0.4, 0.5) is 11.4 Å². The second-order valence-electron chi connectivity index (χ2n) is 8.36. The number of carbonyl (C=O) groups excluding carboxylic acids is 2. The molecule has 8 nitrogen and oxygen atoms in total. The Morgan fingerprint density at radius 3 is 2.29 bits per heavy atom. The highest BCUT2D eigenvalue weighted by atomic mass is 32.2. The molecule has 0 radical (unpaired) electrons. The topological polar surface area (TPSA) is 70.9 Å². The van der Waals surface area contributed by atoms with Gasteiger partial charge in [0.1, 0.15) is 16.5 Å². The molecule has 3 aromatic rings. The van der Waals surface area contributed by atoms with Gasteiger partial charge in [0, 0.05) is 30.5 Å². The van der Waals surface area contributed by atoms with Crippen molar-refractivity contribution in [1.29, 1.82) is 0 Å². The smallest absolute Gasteiger partial charge is 0.277 e. The number of carbonyl (C=O) groups is 2. The van der Waals surface area contributed by atoms with Gasteiger partial charge in [-0.1, -0.05) is 0 Å². The van der Waals surface area contributed by atoms with Crippen LogP contribution in [0, 0.1) is 0 Å². The maximum absolute atomic E-state index is 13.7. The van der Waals surface area contributed by atoms with Crippen molar-refractivity contribution in [3.05, 3.63) is 59.8 Å². The monoisotopic (exact) mass is 479 g/mol. The average Bonchev–Trinajstić information content (AvgIpc) is 3.23. The Balaban J connectivity index is 1.63. The largest absolute Gasteiger partial charge is 0.497 e. The molecule has 0 saturated carbocycles. The third-order valence-electron chi connectivity index (χ3n) is 5.86. The third-order valence-corrected chi connectivity index (χ3v) is 6.58. The minimum Gasteiger partial charge on any atom is -0.497 e. The average molecular weight is 480 g/mol. The fourth-order valence-electron chi connectivity index (χ4n) is 4.03. The maximum atomic E-state index is 13.7. The number of anilines is 2. The first-order valence-electron chi connectivity index (χ1n) is 11.0. The summed E-state index contributed by atoms with van der Waals surface area (Å²) in [4.78, 5) is 31.3. The summed E-state index contributed by atoms with van der Waals surface area (Å²) in [6.07, 6.45) is 2.70. The molecule has 0 spiro atoms. The first kappa shape index (κ1) is 23.8. The summed E-state index contributed by atoms with van der Waals surface area (Å²) in [6.45, 7) is 0.904. The quantitative estimate of drug-likeness (QED) is 0.484. The van der Waals surface area contributed by atoms with E-state index in [2.05, 4.69) is 0 Å². The van der Waals surface area contributed by atoms with Crippen LogP contribution in [0.2, 0.25) is 0 Å². The minimum atomic E-state index is -0.0883. The van der Waals surface area contributed by atoms with E-state index in [1.165, 1.54) is 0 Å². The van der Waals surface area contributed by atoms with Gasteiger partial charge in [0.2, 0.25) is 5.91 Å². The van der Waals surface area contributed by atoms with Crippen LogP contribution in [0.25, 0.3) is 5.69 Å². The number of methoxy groups -OCH3 is 1. The molecule has 178 valence electrons. The summed E-state index contributed by atoms with van der Waals surface area (Å²) >= 11 is 1.55. The number of fused-ring (bicyclic) bond motifs is 1. The molecular weight excluding hydrogens is 450 g/mol. The van der Waals surface area contributed by atoms with Crippen LogP contribution >= 0.6 is 11.8 Å². The molecule has 0 aliphatic carbocycles. The summed E-state index contributed by atoms with van der Waals surface area (Å²) in [7, 11) is 7.12. The van der Waals surface area contributed by atoms with E-state index in [1.807, 2.05) is 73.8 Å². The molecule has 34 heavy (non-hydrogen) atoms. The molecular formula is C25H29N5O3S. The van der Waals surface area contributed by atoms with Crippen molar-refractivity contribution >= 4 is 35.0 Å². The Kier molecular flexibility index (Phi) is 6.95. The highest BCUT2D eigenvalue weighted by Gasteiger charge is 2.33. The van der Waals surface area contributed by atoms with E-state index in [-0.39, 0.29) is 11.8 Å². The van der Waals surface area contributed by atoms with E-state index in [4.69, 9.17) is 9.84 Å². The first-order valence-corrected chi connectivity index (χ1v) is 12.2. The molecule has 2 aromatic carbocycles. The van der Waals surface area contributed by atoms with E-state index < -0.39 is 0 Å². The van der Waals surface area contributed by atoms with E-state index in [0.29, 0.717) is 18.8 Å². The summed E-state index contributed by atoms with van der Waals surface area (Å²) in [6, 6.07) is 15.1. The molecule has 0 saturated heterocycles. The number of benzene rings is 2. The second kappa shape index (κ2) is 9.90. The summed E-state index contributed by atoms with van der Waals surface area (Å²) in [5.74, 6) is 0.663. The SMILES string of the molecule is COc1ccc(-n2nc(SC)c3c2C(=O)N(c2ccc(N(C)C(=O)CN(C)C)cc2)CC3)cc1. The number of hydrogen-bond donors (Lipinski definition) is 0. The molecule has 2 amide bonds. The molecule has 1 aliphatic rings. The lowest BCUT2D eigenvalue weighted by Crippen LogP contribution is -2.39. The van der Waals surface area contributed by atoms with Crippen LogP contribution in [0.1, 0.15) is 16.1 Å². The zero-order chi connectivity index (χ0) is 24.4. The predicted molar refractivity (Wildman–Crippen MR) is 136 cm³/mol. The van der Waals surface area contributed by atoms with Gasteiger partial charge in [-0.25, -0.2) is 4.68 Å². The van der Waals surface area contributed by atoms with Crippen molar-refractivity contribution < 1.29 is 14.3 Å². The van der Waals surface area contributed by atoms with Crippen LogP contribution in [-0.4, -0.2) is 74.1 Å².